The predicted octanol–water partition coefficient (Wildman–Crippen LogP) is 3.12. The summed E-state index contributed by atoms with van der Waals surface area (Å²) in [6.45, 7) is 5.73. The van der Waals surface area contributed by atoms with Gasteiger partial charge in [0, 0.05) is 11.3 Å². The van der Waals surface area contributed by atoms with Gasteiger partial charge in [0.15, 0.2) is 0 Å². The Balaban J connectivity index is 3.07. The molecule has 0 spiro atoms. The summed E-state index contributed by atoms with van der Waals surface area (Å²) < 4.78 is 0. The Morgan fingerprint density at radius 1 is 1.29 bits per heavy atom. The van der Waals surface area contributed by atoms with Gasteiger partial charge in [0.05, 0.1) is 0 Å². The molecule has 14 heavy (non-hydrogen) atoms. The van der Waals surface area contributed by atoms with Crippen molar-refractivity contribution in [2.75, 3.05) is 0 Å². The van der Waals surface area contributed by atoms with Gasteiger partial charge in [0.2, 0.25) is 0 Å². The fraction of sp³-hybridized carbons (Fsp3) is 0.0769. The van der Waals surface area contributed by atoms with Crippen LogP contribution < -0.4 is 5.73 Å². The van der Waals surface area contributed by atoms with E-state index in [1.807, 2.05) is 55.5 Å². The number of allylic oxidation sites excluding steroid dienone is 4. The molecule has 0 aromatic heterocycles. The predicted molar refractivity (Wildman–Crippen MR) is 62.6 cm³/mol. The van der Waals surface area contributed by atoms with Crippen molar-refractivity contribution in [2.24, 2.45) is 5.73 Å². The summed E-state index contributed by atoms with van der Waals surface area (Å²) in [5, 5.41) is 0. The van der Waals surface area contributed by atoms with Crippen molar-refractivity contribution in [3.8, 4) is 0 Å². The van der Waals surface area contributed by atoms with Gasteiger partial charge in [-0.1, -0.05) is 55.1 Å². The van der Waals surface area contributed by atoms with Crippen LogP contribution >= 0.6 is 0 Å². The van der Waals surface area contributed by atoms with E-state index in [1.54, 1.807) is 0 Å². The minimum Gasteiger partial charge on any atom is -0.399 e. The molecule has 0 unspecified atom stereocenters. The molecule has 2 N–H and O–H groups in total. The average Bonchev–Trinajstić information content (AvgIpc) is 2.19. The van der Waals surface area contributed by atoms with E-state index in [2.05, 4.69) is 6.58 Å². The summed E-state index contributed by atoms with van der Waals surface area (Å²) in [7, 11) is 0. The third-order valence-corrected chi connectivity index (χ3v) is 1.89. The molecule has 72 valence electrons. The topological polar surface area (TPSA) is 26.0 Å². The van der Waals surface area contributed by atoms with Gasteiger partial charge in [-0.05, 0) is 12.5 Å². The van der Waals surface area contributed by atoms with Crippen LogP contribution in [0.15, 0.2) is 60.8 Å². The minimum atomic E-state index is 0.592. The van der Waals surface area contributed by atoms with Crippen molar-refractivity contribution in [1.29, 1.82) is 0 Å². The van der Waals surface area contributed by atoms with Crippen LogP contribution in [-0.4, -0.2) is 0 Å². The highest BCUT2D eigenvalue weighted by Gasteiger charge is 1.99. The van der Waals surface area contributed by atoms with E-state index >= 15 is 0 Å². The molecular formula is C13H15N. The first-order valence-corrected chi connectivity index (χ1v) is 4.59. The second-order valence-corrected chi connectivity index (χ2v) is 3.00. The number of nitrogens with two attached hydrogens (primary N) is 1. The zero-order valence-corrected chi connectivity index (χ0v) is 8.40. The number of hydrogen-bond donors (Lipinski definition) is 1. The first-order chi connectivity index (χ1) is 6.75. The molecule has 0 radical (unpaired) electrons. The summed E-state index contributed by atoms with van der Waals surface area (Å²) in [4.78, 5) is 0. The molecule has 0 atom stereocenters. The fourth-order valence-corrected chi connectivity index (χ4v) is 1.20. The molecule has 0 bridgehead atoms. The Bertz CT molecular complexity index is 358. The van der Waals surface area contributed by atoms with Crippen molar-refractivity contribution in [2.45, 2.75) is 6.92 Å². The second kappa shape index (κ2) is 5.07. The lowest BCUT2D eigenvalue weighted by molar-refractivity contribution is 1.44. The summed E-state index contributed by atoms with van der Waals surface area (Å²) in [6, 6.07) is 10.0. The zero-order valence-electron chi connectivity index (χ0n) is 8.40. The Hall–Kier alpha value is -1.76. The highest BCUT2D eigenvalue weighted by Crippen LogP contribution is 2.18. The van der Waals surface area contributed by atoms with Crippen LogP contribution in [0.1, 0.15) is 12.5 Å². The lowest BCUT2D eigenvalue weighted by Crippen LogP contribution is -1.98. The van der Waals surface area contributed by atoms with Gasteiger partial charge in [0.25, 0.3) is 0 Å². The van der Waals surface area contributed by atoms with Crippen LogP contribution in [0, 0.1) is 0 Å². The normalized spacial score (nSPS) is 11.9. The molecule has 0 saturated heterocycles. The van der Waals surface area contributed by atoms with Gasteiger partial charge in [0.1, 0.15) is 0 Å². The number of benzene rings is 1. The third kappa shape index (κ3) is 2.63. The van der Waals surface area contributed by atoms with E-state index in [-0.39, 0.29) is 0 Å². The van der Waals surface area contributed by atoms with E-state index in [1.165, 1.54) is 0 Å². The van der Waals surface area contributed by atoms with E-state index in [0.717, 1.165) is 11.1 Å². The molecule has 1 aromatic carbocycles. The number of rotatable bonds is 3. The monoisotopic (exact) mass is 185 g/mol. The van der Waals surface area contributed by atoms with Gasteiger partial charge in [-0.15, -0.1) is 0 Å². The maximum Gasteiger partial charge on any atom is 0.0320 e. The molecule has 0 aliphatic rings. The van der Waals surface area contributed by atoms with Crippen molar-refractivity contribution >= 4 is 5.57 Å². The molecule has 0 heterocycles. The quantitative estimate of drug-likeness (QED) is 0.719. The van der Waals surface area contributed by atoms with Gasteiger partial charge in [-0.2, -0.15) is 0 Å². The standard InChI is InChI=1S/C13H15N/c1-3-4-10-13(11(2)14)12-8-6-5-7-9-12/h3-10H,2,14H2,1H3/b4-3-,13-10+. The van der Waals surface area contributed by atoms with E-state index < -0.39 is 0 Å². The van der Waals surface area contributed by atoms with E-state index in [9.17, 15) is 0 Å². The van der Waals surface area contributed by atoms with Crippen LogP contribution in [-0.2, 0) is 0 Å². The van der Waals surface area contributed by atoms with Crippen LogP contribution in [0.3, 0.4) is 0 Å². The van der Waals surface area contributed by atoms with Crippen LogP contribution in [0.2, 0.25) is 0 Å². The zero-order chi connectivity index (χ0) is 10.4. The van der Waals surface area contributed by atoms with Gasteiger partial charge >= 0.3 is 0 Å². The number of hydrogen-bond acceptors (Lipinski definition) is 1. The molecule has 0 saturated carbocycles. The molecule has 0 amide bonds. The van der Waals surface area contributed by atoms with Crippen molar-refractivity contribution in [3.63, 3.8) is 0 Å². The summed E-state index contributed by atoms with van der Waals surface area (Å²) in [5.41, 5.74) is 8.38. The van der Waals surface area contributed by atoms with Gasteiger partial charge in [-0.3, -0.25) is 0 Å². The van der Waals surface area contributed by atoms with Gasteiger partial charge in [-0.25, -0.2) is 0 Å². The summed E-state index contributed by atoms with van der Waals surface area (Å²) >= 11 is 0. The lowest BCUT2D eigenvalue weighted by atomic mass is 10.0. The molecule has 0 aliphatic heterocycles. The molecule has 1 nitrogen and oxygen atoms in total. The van der Waals surface area contributed by atoms with E-state index in [4.69, 9.17) is 5.73 Å². The first kappa shape index (κ1) is 10.3. The maximum absolute atomic E-state index is 5.71. The highest BCUT2D eigenvalue weighted by atomic mass is 14.6. The van der Waals surface area contributed by atoms with Crippen LogP contribution in [0.25, 0.3) is 5.57 Å². The van der Waals surface area contributed by atoms with E-state index in [0.29, 0.717) is 5.70 Å². The largest absolute Gasteiger partial charge is 0.399 e. The lowest BCUT2D eigenvalue weighted by Gasteiger charge is -2.05. The Kier molecular flexibility index (Phi) is 3.74. The van der Waals surface area contributed by atoms with Crippen LogP contribution in [0.4, 0.5) is 0 Å². The maximum atomic E-state index is 5.71. The molecule has 1 heteroatoms. The minimum absolute atomic E-state index is 0.592. The highest BCUT2D eigenvalue weighted by molar-refractivity contribution is 5.78. The second-order valence-electron chi connectivity index (χ2n) is 3.00. The van der Waals surface area contributed by atoms with Gasteiger partial charge < -0.3 is 5.73 Å². The molecule has 0 aliphatic carbocycles. The SMILES string of the molecule is C=C(N)/C(=C\C=C/C)c1ccccc1. The fourth-order valence-electron chi connectivity index (χ4n) is 1.20. The Morgan fingerprint density at radius 3 is 2.43 bits per heavy atom. The average molecular weight is 185 g/mol. The summed E-state index contributed by atoms with van der Waals surface area (Å²) in [5.74, 6) is 0. The van der Waals surface area contributed by atoms with Crippen molar-refractivity contribution < 1.29 is 0 Å². The molecule has 1 aromatic rings. The Labute approximate surface area is 85.3 Å². The Morgan fingerprint density at radius 2 is 1.93 bits per heavy atom. The van der Waals surface area contributed by atoms with Crippen LogP contribution in [0.5, 0.6) is 0 Å². The van der Waals surface area contributed by atoms with Crippen molar-refractivity contribution in [3.05, 3.63) is 66.4 Å². The first-order valence-electron chi connectivity index (χ1n) is 4.59. The smallest absolute Gasteiger partial charge is 0.0320 e. The molecule has 0 fully saturated rings. The molecule has 1 rings (SSSR count). The third-order valence-electron chi connectivity index (χ3n) is 1.89. The summed E-state index contributed by atoms with van der Waals surface area (Å²) in [6.07, 6.45) is 5.89. The molecular weight excluding hydrogens is 170 g/mol. The van der Waals surface area contributed by atoms with Crippen molar-refractivity contribution in [1.82, 2.24) is 0 Å².